The molecule has 1 aliphatic rings. The minimum Gasteiger partial charge on any atom is -0.384 e. The molecule has 0 fully saturated rings. The first-order valence-electron chi connectivity index (χ1n) is 6.43. The molecule has 106 valence electrons. The van der Waals surface area contributed by atoms with Gasteiger partial charge in [-0.1, -0.05) is 23.4 Å². The van der Waals surface area contributed by atoms with Crippen LogP contribution in [0.3, 0.4) is 0 Å². The smallest absolute Gasteiger partial charge is 0.225 e. The zero-order chi connectivity index (χ0) is 14.7. The van der Waals surface area contributed by atoms with Crippen LogP contribution in [0.15, 0.2) is 52.0 Å². The summed E-state index contributed by atoms with van der Waals surface area (Å²) in [6.45, 7) is 0.698. The average Bonchev–Trinajstić information content (AvgIpc) is 3.00. The third kappa shape index (κ3) is 2.90. The first kappa shape index (κ1) is 13.6. The summed E-state index contributed by atoms with van der Waals surface area (Å²) < 4.78 is 4.78. The summed E-state index contributed by atoms with van der Waals surface area (Å²) in [5.41, 5.74) is 1.28. The standard InChI is InChI=1S/C15H12N2O3S/c18-12-8-13(14(19)11-9-17-20-15(11)12)21-7-6-16-10-4-2-1-3-5-10/h1-5,8-9,16H,6-7H2. The average molecular weight is 300 g/mol. The van der Waals surface area contributed by atoms with Crippen molar-refractivity contribution in [2.75, 3.05) is 17.6 Å². The Hall–Kier alpha value is -2.34. The number of anilines is 1. The van der Waals surface area contributed by atoms with E-state index in [1.54, 1.807) is 0 Å². The number of fused-ring (bicyclic) bond motifs is 1. The summed E-state index contributed by atoms with van der Waals surface area (Å²) in [6, 6.07) is 9.81. The molecule has 0 unspecified atom stereocenters. The normalized spacial score (nSPS) is 13.8. The van der Waals surface area contributed by atoms with Gasteiger partial charge in [0.15, 0.2) is 0 Å². The fourth-order valence-corrected chi connectivity index (χ4v) is 2.84. The molecule has 1 aliphatic carbocycles. The van der Waals surface area contributed by atoms with Gasteiger partial charge in [-0.3, -0.25) is 9.59 Å². The SMILES string of the molecule is O=C1C(SCCNc2ccccc2)=CC(=O)c2oncc21. The van der Waals surface area contributed by atoms with Gasteiger partial charge >= 0.3 is 0 Å². The molecule has 0 amide bonds. The van der Waals surface area contributed by atoms with Crippen molar-refractivity contribution in [3.63, 3.8) is 0 Å². The third-order valence-corrected chi connectivity index (χ3v) is 4.01. The van der Waals surface area contributed by atoms with Crippen molar-refractivity contribution in [3.8, 4) is 0 Å². The van der Waals surface area contributed by atoms with Gasteiger partial charge in [-0.2, -0.15) is 0 Å². The van der Waals surface area contributed by atoms with E-state index >= 15 is 0 Å². The number of rotatable bonds is 5. The predicted molar refractivity (Wildman–Crippen MR) is 80.6 cm³/mol. The molecule has 2 aromatic rings. The molecular weight excluding hydrogens is 288 g/mol. The van der Waals surface area contributed by atoms with Gasteiger partial charge in [0.25, 0.3) is 0 Å². The molecule has 6 heteroatoms. The topological polar surface area (TPSA) is 72.2 Å². The molecule has 0 saturated heterocycles. The molecule has 1 aromatic carbocycles. The lowest BCUT2D eigenvalue weighted by Gasteiger charge is -2.10. The molecule has 1 N–H and O–H groups in total. The van der Waals surface area contributed by atoms with Crippen LogP contribution in [0.5, 0.6) is 0 Å². The van der Waals surface area contributed by atoms with Gasteiger partial charge in [0.05, 0.1) is 16.7 Å². The molecule has 0 aliphatic heterocycles. The Kier molecular flexibility index (Phi) is 3.87. The minimum atomic E-state index is -0.305. The Labute approximate surface area is 125 Å². The molecule has 0 spiro atoms. The fourth-order valence-electron chi connectivity index (χ4n) is 1.98. The number of nitrogens with zero attached hydrogens (tertiary/aromatic N) is 1. The van der Waals surface area contributed by atoms with E-state index < -0.39 is 0 Å². The molecule has 0 radical (unpaired) electrons. The molecule has 0 saturated carbocycles. The van der Waals surface area contributed by atoms with E-state index in [4.69, 9.17) is 4.52 Å². The number of nitrogens with one attached hydrogen (secondary N) is 1. The highest BCUT2D eigenvalue weighted by Gasteiger charge is 2.29. The molecular formula is C15H12N2O3S. The van der Waals surface area contributed by atoms with E-state index in [1.807, 2.05) is 30.3 Å². The zero-order valence-electron chi connectivity index (χ0n) is 11.0. The van der Waals surface area contributed by atoms with Crippen LogP contribution in [0.1, 0.15) is 20.9 Å². The van der Waals surface area contributed by atoms with Crippen molar-refractivity contribution in [1.82, 2.24) is 5.16 Å². The molecule has 21 heavy (non-hydrogen) atoms. The lowest BCUT2D eigenvalue weighted by Crippen LogP contribution is -2.14. The number of para-hydroxylation sites is 1. The van der Waals surface area contributed by atoms with E-state index in [-0.39, 0.29) is 22.9 Å². The Morgan fingerprint density at radius 1 is 1.19 bits per heavy atom. The van der Waals surface area contributed by atoms with Crippen LogP contribution in [0.25, 0.3) is 0 Å². The lowest BCUT2D eigenvalue weighted by atomic mass is 10.0. The van der Waals surface area contributed by atoms with Gasteiger partial charge in [0.1, 0.15) is 0 Å². The van der Waals surface area contributed by atoms with Crippen molar-refractivity contribution >= 4 is 29.0 Å². The number of Topliss-reactive ketones (excluding diaryl/α,β-unsaturated/α-hetero) is 1. The highest BCUT2D eigenvalue weighted by atomic mass is 32.2. The summed E-state index contributed by atoms with van der Waals surface area (Å²) in [5, 5.41) is 6.75. The first-order valence-corrected chi connectivity index (χ1v) is 7.41. The number of carbonyl (C=O) groups is 2. The quantitative estimate of drug-likeness (QED) is 0.856. The summed E-state index contributed by atoms with van der Waals surface area (Å²) >= 11 is 1.35. The van der Waals surface area contributed by atoms with E-state index in [9.17, 15) is 9.59 Å². The maximum Gasteiger partial charge on any atom is 0.225 e. The van der Waals surface area contributed by atoms with Gasteiger partial charge in [-0.25, -0.2) is 0 Å². The Bertz CT molecular complexity index is 707. The summed E-state index contributed by atoms with van der Waals surface area (Å²) in [7, 11) is 0. The van der Waals surface area contributed by atoms with Crippen molar-refractivity contribution < 1.29 is 14.1 Å². The monoisotopic (exact) mass is 300 g/mol. The zero-order valence-corrected chi connectivity index (χ0v) is 11.9. The van der Waals surface area contributed by atoms with Crippen molar-refractivity contribution in [1.29, 1.82) is 0 Å². The largest absolute Gasteiger partial charge is 0.384 e. The van der Waals surface area contributed by atoms with Gasteiger partial charge in [0, 0.05) is 24.1 Å². The second-order valence-electron chi connectivity index (χ2n) is 4.41. The maximum absolute atomic E-state index is 12.1. The van der Waals surface area contributed by atoms with Crippen LogP contribution < -0.4 is 5.32 Å². The van der Waals surface area contributed by atoms with Gasteiger partial charge in [-0.05, 0) is 12.1 Å². The van der Waals surface area contributed by atoms with Crippen molar-refractivity contribution in [2.45, 2.75) is 0 Å². The number of benzene rings is 1. The number of thioether (sulfide) groups is 1. The van der Waals surface area contributed by atoms with Crippen molar-refractivity contribution in [3.05, 3.63) is 58.8 Å². The van der Waals surface area contributed by atoms with Crippen LogP contribution in [-0.4, -0.2) is 29.0 Å². The van der Waals surface area contributed by atoms with Crippen molar-refractivity contribution in [2.24, 2.45) is 0 Å². The fraction of sp³-hybridized carbons (Fsp3) is 0.133. The summed E-state index contributed by atoms with van der Waals surface area (Å²) in [4.78, 5) is 24.3. The van der Waals surface area contributed by atoms with E-state index in [1.165, 1.54) is 24.0 Å². The second-order valence-corrected chi connectivity index (χ2v) is 5.55. The minimum absolute atomic E-state index is 0.0340. The number of hydrogen-bond donors (Lipinski definition) is 1. The number of hydrogen-bond acceptors (Lipinski definition) is 6. The van der Waals surface area contributed by atoms with Gasteiger partial charge < -0.3 is 9.84 Å². The number of allylic oxidation sites excluding steroid dienone is 2. The molecule has 5 nitrogen and oxygen atoms in total. The van der Waals surface area contributed by atoms with Crippen LogP contribution in [0.4, 0.5) is 5.69 Å². The number of ketones is 2. The van der Waals surface area contributed by atoms with Gasteiger partial charge in [-0.15, -0.1) is 11.8 Å². The second kappa shape index (κ2) is 5.97. The van der Waals surface area contributed by atoms with Crippen LogP contribution in [0, 0.1) is 0 Å². The molecule has 3 rings (SSSR count). The predicted octanol–water partition coefficient (Wildman–Crippen LogP) is 2.78. The highest BCUT2D eigenvalue weighted by molar-refractivity contribution is 8.04. The van der Waals surface area contributed by atoms with E-state index in [0.717, 1.165) is 5.69 Å². The number of carbonyl (C=O) groups excluding carboxylic acids is 2. The highest BCUT2D eigenvalue weighted by Crippen LogP contribution is 2.27. The summed E-state index contributed by atoms with van der Waals surface area (Å²) in [5.74, 6) is 0.211. The van der Waals surface area contributed by atoms with Crippen LogP contribution in [0.2, 0.25) is 0 Å². The van der Waals surface area contributed by atoms with E-state index in [2.05, 4.69) is 10.5 Å². The molecule has 1 aromatic heterocycles. The summed E-state index contributed by atoms with van der Waals surface area (Å²) in [6.07, 6.45) is 2.62. The lowest BCUT2D eigenvalue weighted by molar-refractivity contribution is 0.0967. The third-order valence-electron chi connectivity index (χ3n) is 2.99. The number of aromatic nitrogens is 1. The Morgan fingerprint density at radius 3 is 2.81 bits per heavy atom. The Morgan fingerprint density at radius 2 is 2.00 bits per heavy atom. The molecule has 0 bridgehead atoms. The molecule has 1 heterocycles. The van der Waals surface area contributed by atoms with Crippen LogP contribution >= 0.6 is 11.8 Å². The van der Waals surface area contributed by atoms with Gasteiger partial charge in [0.2, 0.25) is 17.3 Å². The molecule has 0 atom stereocenters. The maximum atomic E-state index is 12.1. The first-order chi connectivity index (χ1) is 10.3. The Balaban J connectivity index is 1.56. The van der Waals surface area contributed by atoms with E-state index in [0.29, 0.717) is 17.2 Å². The van der Waals surface area contributed by atoms with Crippen LogP contribution in [-0.2, 0) is 0 Å².